The third-order valence-electron chi connectivity index (χ3n) is 9.78. The molecule has 250 valence electrons. The van der Waals surface area contributed by atoms with Crippen molar-refractivity contribution in [2.75, 3.05) is 38.7 Å². The van der Waals surface area contributed by atoms with Gasteiger partial charge >= 0.3 is 5.97 Å². The topological polar surface area (TPSA) is 99.5 Å². The van der Waals surface area contributed by atoms with Gasteiger partial charge in [0.2, 0.25) is 5.91 Å². The van der Waals surface area contributed by atoms with Crippen LogP contribution in [0.4, 0.5) is 5.69 Å². The molecule has 8 nitrogen and oxygen atoms in total. The van der Waals surface area contributed by atoms with Crippen molar-refractivity contribution in [3.8, 4) is 5.75 Å². The van der Waals surface area contributed by atoms with Crippen LogP contribution in [0.15, 0.2) is 61.7 Å². The van der Waals surface area contributed by atoms with E-state index in [1.165, 1.54) is 12.0 Å². The SMILES string of the molecule is C=CCCN(C)C(=O)[C@@H](CC)[C@@](O)(C(=O)OC)c1ccc2c(c1)N(C[C@@H]1CC[C@H]1[C@@H](O)C=C)CCCCc1cc(Cl)ccc1CO2. The second-order valence-electron chi connectivity index (χ2n) is 12.6. The number of hydrogen-bond acceptors (Lipinski definition) is 7. The first-order chi connectivity index (χ1) is 22.1. The monoisotopic (exact) mass is 652 g/mol. The fourth-order valence-corrected chi connectivity index (χ4v) is 7.03. The van der Waals surface area contributed by atoms with Crippen LogP contribution in [-0.2, 0) is 33.0 Å². The summed E-state index contributed by atoms with van der Waals surface area (Å²) >= 11 is 6.34. The molecule has 1 saturated carbocycles. The van der Waals surface area contributed by atoms with Gasteiger partial charge in [0.1, 0.15) is 12.4 Å². The second-order valence-corrected chi connectivity index (χ2v) is 13.0. The summed E-state index contributed by atoms with van der Waals surface area (Å²) in [4.78, 5) is 31.0. The lowest BCUT2D eigenvalue weighted by atomic mass is 9.70. The number of amides is 1. The van der Waals surface area contributed by atoms with Crippen LogP contribution in [0.3, 0.4) is 0 Å². The van der Waals surface area contributed by atoms with Gasteiger partial charge in [0.05, 0.1) is 24.8 Å². The molecule has 2 aromatic rings. The maximum absolute atomic E-state index is 13.7. The molecule has 0 saturated heterocycles. The molecule has 1 amide bonds. The quantitative estimate of drug-likeness (QED) is 0.213. The predicted molar refractivity (Wildman–Crippen MR) is 182 cm³/mol. The maximum atomic E-state index is 13.7. The van der Waals surface area contributed by atoms with Crippen molar-refractivity contribution in [2.45, 2.75) is 70.2 Å². The highest BCUT2D eigenvalue weighted by Gasteiger charge is 2.50. The average molecular weight is 653 g/mol. The van der Waals surface area contributed by atoms with Gasteiger partial charge in [-0.2, -0.15) is 0 Å². The number of carbonyl (C=O) groups excluding carboxylic acids is 2. The molecule has 0 bridgehead atoms. The third-order valence-corrected chi connectivity index (χ3v) is 10.0. The van der Waals surface area contributed by atoms with Crippen molar-refractivity contribution >= 4 is 29.2 Å². The summed E-state index contributed by atoms with van der Waals surface area (Å²) in [5.41, 5.74) is 0.946. The van der Waals surface area contributed by atoms with E-state index < -0.39 is 23.6 Å². The number of aryl methyl sites for hydroxylation is 1. The van der Waals surface area contributed by atoms with Crippen molar-refractivity contribution in [1.82, 2.24) is 4.90 Å². The highest BCUT2D eigenvalue weighted by atomic mass is 35.5. The predicted octanol–water partition coefficient (Wildman–Crippen LogP) is 6.06. The highest BCUT2D eigenvalue weighted by molar-refractivity contribution is 6.30. The number of rotatable bonds is 12. The van der Waals surface area contributed by atoms with E-state index in [1.54, 1.807) is 44.3 Å². The fourth-order valence-electron chi connectivity index (χ4n) is 6.83. The standard InChI is InChI=1S/C37H49ClN2O6/c1-6-9-19-39(4)35(42)31(7-2)37(44,36(43)45-5)28-15-18-34-32(22-28)40(23-26-14-17-30(26)33(41)8-3)20-11-10-12-25-21-29(38)16-13-27(25)24-46-34/h6,8,13,15-16,18,21-22,26,30-31,33,41,44H,1,3,7,9-12,14,17,19-20,23-24H2,2,4-5H3/t26-,30+,31+,33-,37+/m0/s1. The Balaban J connectivity index is 1.80. The summed E-state index contributed by atoms with van der Waals surface area (Å²) in [6, 6.07) is 11.1. The molecule has 4 rings (SSSR count). The number of fused-ring (bicyclic) bond motifs is 2. The Morgan fingerprint density at radius 3 is 2.63 bits per heavy atom. The van der Waals surface area contributed by atoms with E-state index in [0.29, 0.717) is 43.4 Å². The molecule has 2 aromatic carbocycles. The lowest BCUT2D eigenvalue weighted by Crippen LogP contribution is -2.51. The highest BCUT2D eigenvalue weighted by Crippen LogP contribution is 2.43. The molecule has 0 spiro atoms. The zero-order valence-electron chi connectivity index (χ0n) is 27.4. The second kappa shape index (κ2) is 16.0. The Morgan fingerprint density at radius 2 is 1.98 bits per heavy atom. The van der Waals surface area contributed by atoms with Gasteiger partial charge in [0.15, 0.2) is 5.60 Å². The summed E-state index contributed by atoms with van der Waals surface area (Å²) in [7, 11) is 2.88. The van der Waals surface area contributed by atoms with E-state index in [-0.39, 0.29) is 29.7 Å². The molecule has 1 fully saturated rings. The van der Waals surface area contributed by atoms with Gasteiger partial charge in [0.25, 0.3) is 0 Å². The first-order valence-electron chi connectivity index (χ1n) is 16.4. The van der Waals surface area contributed by atoms with Gasteiger partial charge < -0.3 is 29.5 Å². The summed E-state index contributed by atoms with van der Waals surface area (Å²) in [6.07, 6.45) is 8.10. The molecule has 46 heavy (non-hydrogen) atoms. The molecule has 0 radical (unpaired) electrons. The van der Waals surface area contributed by atoms with Crippen molar-refractivity contribution < 1.29 is 29.3 Å². The largest absolute Gasteiger partial charge is 0.487 e. The van der Waals surface area contributed by atoms with Gasteiger partial charge in [-0.3, -0.25) is 4.79 Å². The van der Waals surface area contributed by atoms with Crippen LogP contribution in [0.1, 0.15) is 62.1 Å². The van der Waals surface area contributed by atoms with Gasteiger partial charge in [-0.05, 0) is 97.7 Å². The summed E-state index contributed by atoms with van der Waals surface area (Å²) < 4.78 is 11.6. The molecule has 5 atom stereocenters. The Labute approximate surface area is 278 Å². The lowest BCUT2D eigenvalue weighted by molar-refractivity contribution is -0.176. The smallest absolute Gasteiger partial charge is 0.343 e. The normalized spacial score (nSPS) is 20.6. The molecular weight excluding hydrogens is 604 g/mol. The number of aliphatic hydroxyl groups excluding tert-OH is 1. The van der Waals surface area contributed by atoms with Crippen LogP contribution >= 0.6 is 11.6 Å². The van der Waals surface area contributed by atoms with E-state index >= 15 is 0 Å². The van der Waals surface area contributed by atoms with Crippen molar-refractivity contribution in [3.63, 3.8) is 0 Å². The lowest BCUT2D eigenvalue weighted by Gasteiger charge is -2.43. The van der Waals surface area contributed by atoms with Crippen LogP contribution < -0.4 is 9.64 Å². The summed E-state index contributed by atoms with van der Waals surface area (Å²) in [5, 5.41) is 23.6. The number of anilines is 1. The zero-order chi connectivity index (χ0) is 33.4. The number of halogens is 1. The Kier molecular flexibility index (Phi) is 12.3. The van der Waals surface area contributed by atoms with E-state index in [4.69, 9.17) is 21.1 Å². The molecular formula is C37H49ClN2O6. The number of esters is 1. The van der Waals surface area contributed by atoms with Crippen LogP contribution in [0.2, 0.25) is 5.02 Å². The van der Waals surface area contributed by atoms with E-state index in [9.17, 15) is 19.8 Å². The number of aliphatic hydroxyl groups is 2. The number of methoxy groups -OCH3 is 1. The van der Waals surface area contributed by atoms with Gasteiger partial charge in [-0.15, -0.1) is 13.2 Å². The van der Waals surface area contributed by atoms with Crippen molar-refractivity contribution in [3.05, 3.63) is 83.4 Å². The van der Waals surface area contributed by atoms with E-state index in [1.807, 2.05) is 18.2 Å². The van der Waals surface area contributed by atoms with Crippen LogP contribution in [0.25, 0.3) is 0 Å². The van der Waals surface area contributed by atoms with Gasteiger partial charge in [-0.1, -0.05) is 42.8 Å². The summed E-state index contributed by atoms with van der Waals surface area (Å²) in [6.45, 7) is 11.4. The average Bonchev–Trinajstić information content (AvgIpc) is 3.08. The molecule has 1 aliphatic heterocycles. The Hall–Kier alpha value is -3.33. The van der Waals surface area contributed by atoms with Crippen molar-refractivity contribution in [2.24, 2.45) is 17.8 Å². The Bertz CT molecular complexity index is 1400. The van der Waals surface area contributed by atoms with E-state index in [0.717, 1.165) is 48.9 Å². The first kappa shape index (κ1) is 35.5. The van der Waals surface area contributed by atoms with E-state index in [2.05, 4.69) is 18.1 Å². The molecule has 2 N–H and O–H groups in total. The van der Waals surface area contributed by atoms with Crippen LogP contribution in [0, 0.1) is 17.8 Å². The Morgan fingerprint density at radius 1 is 1.20 bits per heavy atom. The van der Waals surface area contributed by atoms with Crippen molar-refractivity contribution in [1.29, 1.82) is 0 Å². The third kappa shape index (κ3) is 7.62. The number of hydrogen-bond donors (Lipinski definition) is 2. The minimum atomic E-state index is -2.24. The fraction of sp³-hybridized carbons (Fsp3) is 0.514. The molecule has 2 aliphatic rings. The first-order valence-corrected chi connectivity index (χ1v) is 16.7. The number of carbonyl (C=O) groups is 2. The molecule has 0 aromatic heterocycles. The number of benzene rings is 2. The van der Waals surface area contributed by atoms with Crippen LogP contribution in [-0.4, -0.2) is 66.9 Å². The number of ether oxygens (including phenoxy) is 2. The molecule has 1 aliphatic carbocycles. The van der Waals surface area contributed by atoms with Gasteiger partial charge in [0, 0.05) is 31.7 Å². The minimum absolute atomic E-state index is 0.106. The zero-order valence-corrected chi connectivity index (χ0v) is 28.2. The maximum Gasteiger partial charge on any atom is 0.343 e. The minimum Gasteiger partial charge on any atom is -0.487 e. The summed E-state index contributed by atoms with van der Waals surface area (Å²) in [5.74, 6) is -1.40. The van der Waals surface area contributed by atoms with Crippen LogP contribution in [0.5, 0.6) is 5.75 Å². The molecule has 9 heteroatoms. The molecule has 0 unspecified atom stereocenters. The number of nitrogens with zero attached hydrogens (tertiary/aromatic N) is 2. The van der Waals surface area contributed by atoms with Gasteiger partial charge in [-0.25, -0.2) is 4.79 Å². The molecule has 1 heterocycles.